The van der Waals surface area contributed by atoms with Gasteiger partial charge in [-0.1, -0.05) is 0 Å². The van der Waals surface area contributed by atoms with Gasteiger partial charge in [0.2, 0.25) is 5.84 Å². The molecule has 22 heavy (non-hydrogen) atoms. The van der Waals surface area contributed by atoms with Crippen molar-refractivity contribution in [3.8, 4) is 0 Å². The first-order chi connectivity index (χ1) is 10.6. The van der Waals surface area contributed by atoms with Crippen LogP contribution in [0.5, 0.6) is 0 Å². The van der Waals surface area contributed by atoms with E-state index >= 15 is 0 Å². The Morgan fingerprint density at radius 2 is 2.09 bits per heavy atom. The molecule has 1 aliphatic rings. The molecule has 1 amide bonds. The topological polar surface area (TPSA) is 62.6 Å². The predicted octanol–water partition coefficient (Wildman–Crippen LogP) is 1.63. The third-order valence-corrected chi connectivity index (χ3v) is 3.60. The smallest absolute Gasteiger partial charge is 0.274 e. The lowest BCUT2D eigenvalue weighted by Gasteiger charge is -2.10. The van der Waals surface area contributed by atoms with Gasteiger partial charge in [0, 0.05) is 19.1 Å². The Hall–Kier alpha value is -1.92. The number of benzene rings is 1. The number of ether oxygens (including phenoxy) is 1. The van der Waals surface area contributed by atoms with E-state index in [2.05, 4.69) is 10.8 Å². The summed E-state index contributed by atoms with van der Waals surface area (Å²) in [5.41, 5.74) is 3.94. The Balaban J connectivity index is 1.81. The fourth-order valence-electron chi connectivity index (χ4n) is 2.06. The largest absolute Gasteiger partial charge is 0.376 e. The van der Waals surface area contributed by atoms with Gasteiger partial charge < -0.3 is 4.74 Å². The predicted molar refractivity (Wildman–Crippen MR) is 85.2 cm³/mol. The minimum absolute atomic E-state index is 0.0939. The molecule has 0 aromatic heterocycles. The van der Waals surface area contributed by atoms with Crippen molar-refractivity contribution in [2.24, 2.45) is 0 Å². The van der Waals surface area contributed by atoms with E-state index in [9.17, 15) is 4.79 Å². The number of rotatable bonds is 5. The van der Waals surface area contributed by atoms with E-state index in [4.69, 9.17) is 9.57 Å². The molecular formula is C16H24N3O3+. The second-order valence-electron chi connectivity index (χ2n) is 5.56. The van der Waals surface area contributed by atoms with Gasteiger partial charge in [-0.05, 0) is 37.1 Å². The Bertz CT molecular complexity index is 530. The van der Waals surface area contributed by atoms with Crippen molar-refractivity contribution < 1.29 is 18.9 Å². The molecule has 0 saturated carbocycles. The summed E-state index contributed by atoms with van der Waals surface area (Å²) in [7, 11) is 3.94. The van der Waals surface area contributed by atoms with Gasteiger partial charge in [0.25, 0.3) is 5.91 Å². The zero-order valence-corrected chi connectivity index (χ0v) is 13.4. The Morgan fingerprint density at radius 3 is 2.68 bits per heavy atom. The zero-order chi connectivity index (χ0) is 15.9. The molecule has 0 aliphatic carbocycles. The summed E-state index contributed by atoms with van der Waals surface area (Å²) in [4.78, 5) is 17.2. The molecule has 1 aromatic rings. The summed E-state index contributed by atoms with van der Waals surface area (Å²) in [6.07, 6.45) is 2.13. The average Bonchev–Trinajstić information content (AvgIpc) is 3.01. The Kier molecular flexibility index (Phi) is 5.91. The van der Waals surface area contributed by atoms with Gasteiger partial charge in [-0.25, -0.2) is 10.8 Å². The molecular weight excluding hydrogens is 282 g/mol. The lowest BCUT2D eigenvalue weighted by Crippen LogP contribution is -2.28. The normalized spacial score (nSPS) is 17.1. The van der Waals surface area contributed by atoms with Gasteiger partial charge >= 0.3 is 0 Å². The number of hydroxylamine groups is 1. The van der Waals surface area contributed by atoms with Gasteiger partial charge in [-0.15, -0.1) is 0 Å². The first-order valence-corrected chi connectivity index (χ1v) is 7.48. The number of carbonyl (C=O) groups is 1. The second kappa shape index (κ2) is 7.91. The highest BCUT2D eigenvalue weighted by Crippen LogP contribution is 2.12. The molecule has 1 unspecified atom stereocenters. The number of hydrogen-bond donors (Lipinski definition) is 2. The maximum atomic E-state index is 11.9. The maximum Gasteiger partial charge on any atom is 0.274 e. The highest BCUT2D eigenvalue weighted by atomic mass is 16.7. The molecule has 2 N–H and O–H groups in total. The minimum atomic E-state index is -0.252. The monoisotopic (exact) mass is 306 g/mol. The lowest BCUT2D eigenvalue weighted by atomic mass is 10.2. The summed E-state index contributed by atoms with van der Waals surface area (Å²) in [6.45, 7) is 3.15. The van der Waals surface area contributed by atoms with E-state index in [1.54, 1.807) is 12.1 Å². The molecule has 0 radical (unpaired) electrons. The number of anilines is 1. The molecule has 6 heteroatoms. The summed E-state index contributed by atoms with van der Waals surface area (Å²) in [6, 6.07) is 7.25. The first kappa shape index (κ1) is 16.5. The van der Waals surface area contributed by atoms with Crippen LogP contribution in [0.15, 0.2) is 24.3 Å². The number of nitrogens with zero attached hydrogens (tertiary/aromatic N) is 1. The molecule has 1 atom stereocenters. The maximum absolute atomic E-state index is 11.9. The van der Waals surface area contributed by atoms with E-state index in [1.807, 2.05) is 37.7 Å². The van der Waals surface area contributed by atoms with Gasteiger partial charge in [0.15, 0.2) is 0 Å². The molecule has 6 nitrogen and oxygen atoms in total. The third kappa shape index (κ3) is 4.82. The van der Waals surface area contributed by atoms with Crippen LogP contribution in [0.2, 0.25) is 0 Å². The van der Waals surface area contributed by atoms with Crippen LogP contribution >= 0.6 is 0 Å². The van der Waals surface area contributed by atoms with Gasteiger partial charge in [-0.2, -0.15) is 0 Å². The fraction of sp³-hybridized carbons (Fsp3) is 0.500. The third-order valence-electron chi connectivity index (χ3n) is 3.60. The van der Waals surface area contributed by atoms with Gasteiger partial charge in [0.1, 0.15) is 12.3 Å². The summed E-state index contributed by atoms with van der Waals surface area (Å²) >= 11 is 0. The van der Waals surface area contributed by atoms with Crippen LogP contribution in [0.4, 0.5) is 5.69 Å². The molecule has 1 fully saturated rings. The quantitative estimate of drug-likeness (QED) is 0.376. The van der Waals surface area contributed by atoms with E-state index in [0.717, 1.165) is 31.0 Å². The van der Waals surface area contributed by atoms with Crippen LogP contribution in [0, 0.1) is 0 Å². The number of amidine groups is 1. The zero-order valence-electron chi connectivity index (χ0n) is 13.4. The highest BCUT2D eigenvalue weighted by molar-refractivity contribution is 5.95. The standard InChI is InChI=1S/C16H23N3O3/c1-12(19(2)3)17-14-8-6-13(7-9-14)16(20)18-22-11-15-5-4-10-21-15/h6-9,15H,4-5,10-11H2,1-3H3,(H,18,20)/p+1. The van der Waals surface area contributed by atoms with Gasteiger partial charge in [0.05, 0.1) is 20.2 Å². The number of carbonyl (C=O) groups excluding carboxylic acids is 1. The average molecular weight is 306 g/mol. The molecule has 1 aliphatic heterocycles. The van der Waals surface area contributed by atoms with Crippen molar-refractivity contribution >= 4 is 17.4 Å². The van der Waals surface area contributed by atoms with Crippen LogP contribution in [0.3, 0.4) is 0 Å². The number of nitrogens with one attached hydrogen (secondary N) is 2. The molecule has 0 bridgehead atoms. The molecule has 2 rings (SSSR count). The molecule has 120 valence electrons. The van der Waals surface area contributed by atoms with E-state index in [-0.39, 0.29) is 12.0 Å². The molecule has 0 spiro atoms. The SMILES string of the molecule is CC(Nc1ccc(C(=O)NOCC2CCCO2)cc1)=[N+](C)C. The van der Waals surface area contributed by atoms with Crippen LogP contribution in [0.25, 0.3) is 0 Å². The number of amides is 1. The van der Waals surface area contributed by atoms with Crippen LogP contribution < -0.4 is 10.8 Å². The van der Waals surface area contributed by atoms with E-state index in [1.165, 1.54) is 0 Å². The fourth-order valence-corrected chi connectivity index (χ4v) is 2.06. The van der Waals surface area contributed by atoms with Crippen molar-refractivity contribution in [3.63, 3.8) is 0 Å². The van der Waals surface area contributed by atoms with E-state index < -0.39 is 0 Å². The van der Waals surface area contributed by atoms with Crippen molar-refractivity contribution in [1.82, 2.24) is 5.48 Å². The van der Waals surface area contributed by atoms with Crippen molar-refractivity contribution in [2.75, 3.05) is 32.6 Å². The first-order valence-electron chi connectivity index (χ1n) is 7.48. The summed E-state index contributed by atoms with van der Waals surface area (Å²) < 4.78 is 7.41. The van der Waals surface area contributed by atoms with Crippen LogP contribution in [0.1, 0.15) is 30.1 Å². The van der Waals surface area contributed by atoms with Crippen molar-refractivity contribution in [3.05, 3.63) is 29.8 Å². The second-order valence-corrected chi connectivity index (χ2v) is 5.56. The summed E-state index contributed by atoms with van der Waals surface area (Å²) in [5, 5.41) is 3.25. The number of hydrogen-bond acceptors (Lipinski definition) is 3. The Morgan fingerprint density at radius 1 is 1.36 bits per heavy atom. The molecule has 1 saturated heterocycles. The lowest BCUT2D eigenvalue weighted by molar-refractivity contribution is -0.464. The van der Waals surface area contributed by atoms with Crippen LogP contribution in [-0.2, 0) is 9.57 Å². The molecule has 1 heterocycles. The van der Waals surface area contributed by atoms with Crippen LogP contribution in [-0.4, -0.2) is 49.7 Å². The highest BCUT2D eigenvalue weighted by Gasteiger charge is 2.16. The van der Waals surface area contributed by atoms with Gasteiger partial charge in [-0.3, -0.25) is 14.2 Å². The molecule has 1 aromatic carbocycles. The minimum Gasteiger partial charge on any atom is -0.376 e. The summed E-state index contributed by atoms with van der Waals surface area (Å²) in [5.74, 6) is 0.773. The van der Waals surface area contributed by atoms with E-state index in [0.29, 0.717) is 12.2 Å². The Labute approximate surface area is 131 Å². The van der Waals surface area contributed by atoms with Crippen molar-refractivity contribution in [1.29, 1.82) is 0 Å². The van der Waals surface area contributed by atoms with Crippen molar-refractivity contribution in [2.45, 2.75) is 25.9 Å².